The van der Waals surface area contributed by atoms with E-state index in [-0.39, 0.29) is 0 Å². The van der Waals surface area contributed by atoms with Gasteiger partial charge in [0.15, 0.2) is 0 Å². The van der Waals surface area contributed by atoms with Gasteiger partial charge in [-0.25, -0.2) is 0 Å². The predicted molar refractivity (Wildman–Crippen MR) is 56.3 cm³/mol. The number of benzene rings is 1. The molecule has 1 heterocycles. The van der Waals surface area contributed by atoms with E-state index in [1.54, 1.807) is 24.5 Å². The Morgan fingerprint density at radius 1 is 1.25 bits per heavy atom. The Kier molecular flexibility index (Phi) is 2.59. The van der Waals surface area contributed by atoms with Crippen LogP contribution in [0.25, 0.3) is 11.1 Å². The molecule has 0 amide bonds. The largest absolute Gasteiger partial charge is 0.304 e. The van der Waals surface area contributed by atoms with Crippen LogP contribution in [0, 0.1) is 15.9 Å². The van der Waals surface area contributed by atoms with Crippen LogP contribution >= 0.6 is 0 Å². The maximum atomic E-state index is 13.3. The third kappa shape index (κ3) is 1.88. The number of nitrogens with zero attached hydrogens (tertiary/aromatic N) is 2. The molecule has 16 heavy (non-hydrogen) atoms. The van der Waals surface area contributed by atoms with Crippen molar-refractivity contribution in [3.8, 4) is 11.1 Å². The molecule has 0 N–H and O–H groups in total. The summed E-state index contributed by atoms with van der Waals surface area (Å²) in [6.45, 7) is 0. The fourth-order valence-electron chi connectivity index (χ4n) is 1.37. The molecule has 80 valence electrons. The highest BCUT2D eigenvalue weighted by Gasteiger charge is 2.14. The number of hydrogen-bond acceptors (Lipinski definition) is 3. The molecule has 0 aliphatic heterocycles. The number of pyridine rings is 1. The van der Waals surface area contributed by atoms with Crippen molar-refractivity contribution in [2.45, 2.75) is 0 Å². The zero-order valence-electron chi connectivity index (χ0n) is 8.13. The van der Waals surface area contributed by atoms with Crippen molar-refractivity contribution in [3.63, 3.8) is 0 Å². The fourth-order valence-corrected chi connectivity index (χ4v) is 1.37. The van der Waals surface area contributed by atoms with E-state index in [0.29, 0.717) is 5.56 Å². The first kappa shape index (κ1) is 10.2. The quantitative estimate of drug-likeness (QED) is 0.575. The van der Waals surface area contributed by atoms with Crippen molar-refractivity contribution in [3.05, 3.63) is 58.7 Å². The maximum absolute atomic E-state index is 13.3. The van der Waals surface area contributed by atoms with Crippen LogP contribution in [-0.2, 0) is 0 Å². The molecule has 0 atom stereocenters. The van der Waals surface area contributed by atoms with E-state index in [4.69, 9.17) is 0 Å². The molecule has 0 unspecified atom stereocenters. The molecule has 0 aliphatic carbocycles. The number of nitro groups is 1. The second-order valence-corrected chi connectivity index (χ2v) is 3.17. The average Bonchev–Trinajstić information content (AvgIpc) is 2.29. The minimum atomic E-state index is -0.841. The molecule has 0 aliphatic rings. The van der Waals surface area contributed by atoms with Crippen LogP contribution in [-0.4, -0.2) is 9.91 Å². The van der Waals surface area contributed by atoms with Gasteiger partial charge >= 0.3 is 5.69 Å². The van der Waals surface area contributed by atoms with Crippen molar-refractivity contribution < 1.29 is 9.31 Å². The van der Waals surface area contributed by atoms with Crippen LogP contribution in [0.3, 0.4) is 0 Å². The third-order valence-electron chi connectivity index (χ3n) is 2.14. The van der Waals surface area contributed by atoms with Crippen LogP contribution in [0.2, 0.25) is 0 Å². The summed E-state index contributed by atoms with van der Waals surface area (Å²) in [4.78, 5) is 13.6. The third-order valence-corrected chi connectivity index (χ3v) is 2.14. The van der Waals surface area contributed by atoms with Crippen molar-refractivity contribution >= 4 is 5.69 Å². The Balaban J connectivity index is 2.46. The number of hydrogen-bond donors (Lipinski definition) is 0. The van der Waals surface area contributed by atoms with Crippen molar-refractivity contribution in [2.75, 3.05) is 0 Å². The lowest BCUT2D eigenvalue weighted by Gasteiger charge is -2.00. The average molecular weight is 218 g/mol. The molecule has 1 aromatic carbocycles. The van der Waals surface area contributed by atoms with Crippen LogP contribution < -0.4 is 0 Å². The Morgan fingerprint density at radius 3 is 2.62 bits per heavy atom. The van der Waals surface area contributed by atoms with Gasteiger partial charge in [0.25, 0.3) is 0 Å². The maximum Gasteiger partial charge on any atom is 0.304 e. The van der Waals surface area contributed by atoms with Crippen molar-refractivity contribution in [1.29, 1.82) is 0 Å². The summed E-state index contributed by atoms with van der Waals surface area (Å²) >= 11 is 0. The molecule has 2 rings (SSSR count). The minimum absolute atomic E-state index is 0.521. The van der Waals surface area contributed by atoms with E-state index in [1.165, 1.54) is 6.07 Å². The summed E-state index contributed by atoms with van der Waals surface area (Å²) in [6.07, 6.45) is 3.17. The Morgan fingerprint density at radius 2 is 2.06 bits per heavy atom. The normalized spacial score (nSPS) is 10.1. The highest BCUT2D eigenvalue weighted by Crippen LogP contribution is 2.24. The topological polar surface area (TPSA) is 56.0 Å². The summed E-state index contributed by atoms with van der Waals surface area (Å²) in [5.41, 5.74) is 0.764. The summed E-state index contributed by atoms with van der Waals surface area (Å²) in [6, 6.07) is 7.26. The van der Waals surface area contributed by atoms with Crippen molar-refractivity contribution in [1.82, 2.24) is 4.98 Å². The van der Waals surface area contributed by atoms with E-state index in [2.05, 4.69) is 4.98 Å². The zero-order chi connectivity index (χ0) is 11.5. The van der Waals surface area contributed by atoms with Crippen LogP contribution in [0.4, 0.5) is 10.1 Å². The molecular formula is C11H7FN2O2. The van der Waals surface area contributed by atoms with Gasteiger partial charge in [-0.1, -0.05) is 6.07 Å². The SMILES string of the molecule is O=[N+]([O-])c1ccc(-c2cccnc2)cc1F. The Hall–Kier alpha value is -2.30. The monoisotopic (exact) mass is 218 g/mol. The van der Waals surface area contributed by atoms with Gasteiger partial charge in [-0.15, -0.1) is 0 Å². The van der Waals surface area contributed by atoms with Gasteiger partial charge in [-0.3, -0.25) is 15.1 Å². The van der Waals surface area contributed by atoms with Gasteiger partial charge in [0, 0.05) is 24.0 Å². The Labute approximate surface area is 90.5 Å². The first-order chi connectivity index (χ1) is 7.68. The number of rotatable bonds is 2. The summed E-state index contributed by atoms with van der Waals surface area (Å²) in [7, 11) is 0. The summed E-state index contributed by atoms with van der Waals surface area (Å²) < 4.78 is 13.3. The lowest BCUT2D eigenvalue weighted by atomic mass is 10.1. The molecule has 5 heteroatoms. The van der Waals surface area contributed by atoms with Crippen LogP contribution in [0.5, 0.6) is 0 Å². The smallest absolute Gasteiger partial charge is 0.264 e. The van der Waals surface area contributed by atoms with E-state index in [0.717, 1.165) is 17.7 Å². The molecule has 4 nitrogen and oxygen atoms in total. The Bertz CT molecular complexity index is 529. The standard InChI is InChI=1S/C11H7FN2O2/c12-10-6-8(3-4-11(10)14(15)16)9-2-1-5-13-7-9/h1-7H. The van der Waals surface area contributed by atoms with Crippen LogP contribution in [0.1, 0.15) is 0 Å². The second kappa shape index (κ2) is 4.06. The number of halogens is 1. The lowest BCUT2D eigenvalue weighted by Crippen LogP contribution is -1.92. The molecule has 2 aromatic rings. The number of aromatic nitrogens is 1. The highest BCUT2D eigenvalue weighted by atomic mass is 19.1. The summed E-state index contributed by atoms with van der Waals surface area (Å²) in [5, 5.41) is 10.4. The van der Waals surface area contributed by atoms with Crippen LogP contribution in [0.15, 0.2) is 42.7 Å². The molecule has 1 aromatic heterocycles. The van der Waals surface area contributed by atoms with Gasteiger partial charge in [0.05, 0.1) is 4.92 Å². The first-order valence-electron chi connectivity index (χ1n) is 4.53. The molecule has 0 bridgehead atoms. The molecular weight excluding hydrogens is 211 g/mol. The molecule has 0 saturated heterocycles. The van der Waals surface area contributed by atoms with Crippen molar-refractivity contribution in [2.24, 2.45) is 0 Å². The van der Waals surface area contributed by atoms with Gasteiger partial charge in [0.1, 0.15) is 0 Å². The van der Waals surface area contributed by atoms with E-state index < -0.39 is 16.4 Å². The van der Waals surface area contributed by atoms with Gasteiger partial charge < -0.3 is 0 Å². The van der Waals surface area contributed by atoms with Gasteiger partial charge in [0.2, 0.25) is 5.82 Å². The first-order valence-corrected chi connectivity index (χ1v) is 4.53. The lowest BCUT2D eigenvalue weighted by molar-refractivity contribution is -0.387. The zero-order valence-corrected chi connectivity index (χ0v) is 8.13. The number of nitro benzene ring substituents is 1. The highest BCUT2D eigenvalue weighted by molar-refractivity contribution is 5.63. The molecule has 0 fully saturated rings. The molecule has 0 saturated carbocycles. The van der Waals surface area contributed by atoms with E-state index in [1.807, 2.05) is 0 Å². The van der Waals surface area contributed by atoms with Gasteiger partial charge in [-0.2, -0.15) is 4.39 Å². The molecule has 0 radical (unpaired) electrons. The van der Waals surface area contributed by atoms with E-state index in [9.17, 15) is 14.5 Å². The van der Waals surface area contributed by atoms with Gasteiger partial charge in [-0.05, 0) is 23.8 Å². The molecule has 0 spiro atoms. The fraction of sp³-hybridized carbons (Fsp3) is 0. The van der Waals surface area contributed by atoms with E-state index >= 15 is 0 Å². The predicted octanol–water partition coefficient (Wildman–Crippen LogP) is 2.80. The summed E-state index contributed by atoms with van der Waals surface area (Å²) in [5.74, 6) is -0.841. The minimum Gasteiger partial charge on any atom is -0.264 e. The second-order valence-electron chi connectivity index (χ2n) is 3.17.